The lowest BCUT2D eigenvalue weighted by Gasteiger charge is -2.30. The number of aromatic nitrogens is 4. The summed E-state index contributed by atoms with van der Waals surface area (Å²) in [5.41, 5.74) is 0.556. The number of nitrogens with one attached hydrogen (secondary N) is 1. The van der Waals surface area contributed by atoms with Crippen molar-refractivity contribution >= 4 is 17.2 Å². The van der Waals surface area contributed by atoms with Gasteiger partial charge in [0.15, 0.2) is 0 Å². The summed E-state index contributed by atoms with van der Waals surface area (Å²) >= 11 is 0. The maximum absolute atomic E-state index is 13.1. The number of fused-ring (bicyclic) bond motifs is 1. The molecule has 2 N–H and O–H groups in total. The maximum Gasteiger partial charge on any atom is 0.417 e. The molecule has 3 aromatic rings. The van der Waals surface area contributed by atoms with Gasteiger partial charge in [-0.1, -0.05) is 0 Å². The van der Waals surface area contributed by atoms with Crippen molar-refractivity contribution in [2.75, 3.05) is 25.5 Å². The monoisotopic (exact) mass is 478 g/mol. The van der Waals surface area contributed by atoms with Gasteiger partial charge in [0.05, 0.1) is 36.8 Å². The second kappa shape index (κ2) is 10.0. The number of amides is 1. The molecular weight excluding hydrogens is 449 g/mol. The number of imidazole rings is 1. The number of halogens is 3. The van der Waals surface area contributed by atoms with Gasteiger partial charge in [-0.05, 0) is 50.2 Å². The largest absolute Gasteiger partial charge is 0.417 e. The van der Waals surface area contributed by atoms with Crippen LogP contribution < -0.4 is 5.32 Å². The molecule has 11 heteroatoms. The zero-order chi connectivity index (χ0) is 24.3. The molecule has 0 atom stereocenters. The number of nitrogens with zero attached hydrogens (tertiary/aromatic N) is 5. The first-order valence-electron chi connectivity index (χ1n) is 11.4. The van der Waals surface area contributed by atoms with Gasteiger partial charge >= 0.3 is 6.18 Å². The Hall–Kier alpha value is -3.08. The number of hydrogen-bond donors (Lipinski definition) is 2. The fraction of sp³-hybridized carbons (Fsp3) is 0.522. The maximum atomic E-state index is 13.1. The molecule has 184 valence electrons. The van der Waals surface area contributed by atoms with Crippen LogP contribution in [0.3, 0.4) is 0 Å². The molecule has 0 radical (unpaired) electrons. The Morgan fingerprint density at radius 1 is 1.21 bits per heavy atom. The highest BCUT2D eigenvalue weighted by atomic mass is 19.4. The van der Waals surface area contributed by atoms with Crippen molar-refractivity contribution in [1.82, 2.24) is 24.1 Å². The van der Waals surface area contributed by atoms with E-state index >= 15 is 0 Å². The first kappa shape index (κ1) is 24.1. The van der Waals surface area contributed by atoms with E-state index in [1.807, 2.05) is 6.20 Å². The van der Waals surface area contributed by atoms with Crippen molar-refractivity contribution in [3.8, 4) is 0 Å². The van der Waals surface area contributed by atoms with Crippen LogP contribution in [-0.4, -0.2) is 61.3 Å². The van der Waals surface area contributed by atoms with Gasteiger partial charge in [0.25, 0.3) is 5.91 Å². The summed E-state index contributed by atoms with van der Waals surface area (Å²) in [7, 11) is 1.67. The van der Waals surface area contributed by atoms with Gasteiger partial charge < -0.3 is 15.3 Å². The molecule has 0 aliphatic heterocycles. The fourth-order valence-electron chi connectivity index (χ4n) is 4.47. The van der Waals surface area contributed by atoms with E-state index in [1.165, 1.54) is 16.7 Å². The van der Waals surface area contributed by atoms with E-state index in [0.717, 1.165) is 50.1 Å². The normalized spacial score (nSPS) is 18.9. The average molecular weight is 479 g/mol. The highest BCUT2D eigenvalue weighted by Crippen LogP contribution is 2.30. The van der Waals surface area contributed by atoms with Crippen LogP contribution in [0, 0.1) is 5.92 Å². The lowest BCUT2D eigenvalue weighted by atomic mass is 9.84. The van der Waals surface area contributed by atoms with Crippen molar-refractivity contribution in [2.24, 2.45) is 5.92 Å². The number of carbonyl (C=O) groups is 1. The van der Waals surface area contributed by atoms with Crippen LogP contribution in [0.1, 0.15) is 48.2 Å². The molecular formula is C23H29F3N6O2. The van der Waals surface area contributed by atoms with Crippen molar-refractivity contribution in [3.05, 3.63) is 48.2 Å². The molecule has 0 aromatic carbocycles. The fourth-order valence-corrected chi connectivity index (χ4v) is 4.47. The Bertz CT molecular complexity index is 1120. The van der Waals surface area contributed by atoms with Gasteiger partial charge in [-0.2, -0.15) is 18.3 Å². The van der Waals surface area contributed by atoms with Gasteiger partial charge in [-0.15, -0.1) is 0 Å². The predicted molar refractivity (Wildman–Crippen MR) is 120 cm³/mol. The number of hydrogen-bond acceptors (Lipinski definition) is 5. The van der Waals surface area contributed by atoms with Gasteiger partial charge in [0.1, 0.15) is 11.3 Å². The average Bonchev–Trinajstić information content (AvgIpc) is 3.44. The van der Waals surface area contributed by atoms with E-state index in [9.17, 15) is 18.0 Å². The van der Waals surface area contributed by atoms with Crippen LogP contribution in [0.15, 0.2) is 36.9 Å². The van der Waals surface area contributed by atoms with Crippen LogP contribution in [-0.2, 0) is 12.7 Å². The highest BCUT2D eigenvalue weighted by molar-refractivity contribution is 5.93. The summed E-state index contributed by atoms with van der Waals surface area (Å²) in [6.07, 6.45) is 6.36. The third-order valence-electron chi connectivity index (χ3n) is 6.45. The van der Waals surface area contributed by atoms with Crippen LogP contribution in [0.25, 0.3) is 5.65 Å². The zero-order valence-corrected chi connectivity index (χ0v) is 19.0. The molecule has 8 nitrogen and oxygen atoms in total. The highest BCUT2D eigenvalue weighted by Gasteiger charge is 2.31. The molecule has 1 saturated carbocycles. The Labute approximate surface area is 195 Å². The summed E-state index contributed by atoms with van der Waals surface area (Å²) in [5, 5.41) is 16.7. The zero-order valence-electron chi connectivity index (χ0n) is 19.0. The molecule has 34 heavy (non-hydrogen) atoms. The van der Waals surface area contributed by atoms with Gasteiger partial charge in [-0.3, -0.25) is 13.9 Å². The second-order valence-electron chi connectivity index (χ2n) is 8.88. The number of anilines is 1. The quantitative estimate of drug-likeness (QED) is 0.516. The summed E-state index contributed by atoms with van der Waals surface area (Å²) in [6, 6.07) is 2.60. The van der Waals surface area contributed by atoms with Crippen LogP contribution in [0.2, 0.25) is 0 Å². The van der Waals surface area contributed by atoms with Gasteiger partial charge in [-0.25, -0.2) is 4.98 Å². The van der Waals surface area contributed by atoms with E-state index in [-0.39, 0.29) is 18.2 Å². The molecule has 0 unspecified atom stereocenters. The second-order valence-corrected chi connectivity index (χ2v) is 8.88. The Morgan fingerprint density at radius 3 is 2.68 bits per heavy atom. The molecule has 0 saturated heterocycles. The minimum absolute atomic E-state index is 0.0506. The third kappa shape index (κ3) is 5.52. The van der Waals surface area contributed by atoms with Crippen molar-refractivity contribution in [1.29, 1.82) is 0 Å². The topological polar surface area (TPSA) is 87.7 Å². The molecule has 1 aliphatic carbocycles. The Morgan fingerprint density at radius 2 is 1.97 bits per heavy atom. The molecule has 0 bridgehead atoms. The number of carbonyl (C=O) groups excluding carboxylic acids is 1. The summed E-state index contributed by atoms with van der Waals surface area (Å²) in [4.78, 5) is 18.5. The lowest BCUT2D eigenvalue weighted by molar-refractivity contribution is -0.137. The van der Waals surface area contributed by atoms with Crippen LogP contribution in [0.4, 0.5) is 18.9 Å². The van der Waals surface area contributed by atoms with E-state index in [2.05, 4.69) is 15.4 Å². The van der Waals surface area contributed by atoms with Crippen LogP contribution in [0.5, 0.6) is 0 Å². The van der Waals surface area contributed by atoms with E-state index in [1.54, 1.807) is 22.8 Å². The SMILES string of the molecule is CN(CC[C@H]1CC[C@@H](Nc2cnn(CCO)c2)CC1)C(=O)c1cnc2ccc(C(F)(F)F)cn12. The third-order valence-corrected chi connectivity index (χ3v) is 6.45. The smallest absolute Gasteiger partial charge is 0.394 e. The number of rotatable bonds is 8. The number of pyridine rings is 1. The van der Waals surface area contributed by atoms with Crippen LogP contribution >= 0.6 is 0 Å². The summed E-state index contributed by atoms with van der Waals surface area (Å²) in [6.45, 7) is 1.05. The van der Waals surface area contributed by atoms with E-state index < -0.39 is 11.7 Å². The summed E-state index contributed by atoms with van der Waals surface area (Å²) < 4.78 is 42.1. The molecule has 0 spiro atoms. The Kier molecular flexibility index (Phi) is 7.11. The van der Waals surface area contributed by atoms with Gasteiger partial charge in [0.2, 0.25) is 0 Å². The number of alkyl halides is 3. The number of aliphatic hydroxyl groups excluding tert-OH is 1. The lowest BCUT2D eigenvalue weighted by Crippen LogP contribution is -2.32. The molecule has 1 amide bonds. The van der Waals surface area contributed by atoms with Crippen molar-refractivity contribution in [2.45, 2.75) is 50.9 Å². The Balaban J connectivity index is 1.28. The molecule has 3 aromatic heterocycles. The molecule has 4 rings (SSSR count). The van der Waals surface area contributed by atoms with E-state index in [4.69, 9.17) is 5.11 Å². The standard InChI is InChI=1S/C23H29F3N6O2/c1-30(22(34)20-13-27-21-7-4-17(14-32(20)21)23(24,25)26)9-8-16-2-5-18(6-3-16)29-19-12-28-31(15-19)10-11-33/h4,7,12-16,18,29,33H,2-3,5-6,8-11H2,1H3/t16-,18+. The minimum atomic E-state index is -4.49. The van der Waals surface area contributed by atoms with Crippen molar-refractivity contribution < 1.29 is 23.1 Å². The van der Waals surface area contributed by atoms with Crippen molar-refractivity contribution in [3.63, 3.8) is 0 Å². The summed E-state index contributed by atoms with van der Waals surface area (Å²) in [5.74, 6) is 0.145. The molecule has 3 heterocycles. The molecule has 1 aliphatic rings. The van der Waals surface area contributed by atoms with Gasteiger partial charge in [0, 0.05) is 32.0 Å². The predicted octanol–water partition coefficient (Wildman–Crippen LogP) is 3.67. The minimum Gasteiger partial charge on any atom is -0.394 e. The first-order chi connectivity index (χ1) is 16.2. The molecule has 1 fully saturated rings. The number of aliphatic hydroxyl groups is 1. The van der Waals surface area contributed by atoms with E-state index in [0.29, 0.717) is 30.7 Å². The first-order valence-corrected chi connectivity index (χ1v) is 11.4.